The molecule has 0 amide bonds. The Bertz CT molecular complexity index is 640. The smallest absolute Gasteiger partial charge is 0.352 e. The van der Waals surface area contributed by atoms with Crippen LogP contribution in [-0.4, -0.2) is 16.1 Å². The molecule has 16 heavy (non-hydrogen) atoms. The lowest BCUT2D eigenvalue weighted by Crippen LogP contribution is -2.13. The highest BCUT2D eigenvalue weighted by Gasteiger charge is 2.08. The summed E-state index contributed by atoms with van der Waals surface area (Å²) in [5.41, 5.74) is 1.61. The fraction of sp³-hybridized carbons (Fsp3) is 0.167. The van der Waals surface area contributed by atoms with Gasteiger partial charge in [0.05, 0.1) is 0 Å². The van der Waals surface area contributed by atoms with Crippen molar-refractivity contribution in [3.63, 3.8) is 0 Å². The number of rotatable bonds is 1. The second-order valence-electron chi connectivity index (χ2n) is 3.84. The molecule has 0 radical (unpaired) electrons. The lowest BCUT2D eigenvalue weighted by atomic mass is 10.0. The molecule has 0 aliphatic heterocycles. The number of carboxylic acids is 1. The Balaban J connectivity index is 2.88. The molecule has 2 rings (SSSR count). The van der Waals surface area contributed by atoms with E-state index in [9.17, 15) is 9.59 Å². The first-order chi connectivity index (χ1) is 7.49. The van der Waals surface area contributed by atoms with Gasteiger partial charge in [-0.25, -0.2) is 4.79 Å². The Kier molecular flexibility index (Phi) is 2.27. The van der Waals surface area contributed by atoms with Gasteiger partial charge in [0, 0.05) is 5.39 Å². The molecule has 2 N–H and O–H groups in total. The van der Waals surface area contributed by atoms with Gasteiger partial charge in [0.15, 0.2) is 0 Å². The number of hydrogen-bond donors (Lipinski definition) is 2. The highest BCUT2D eigenvalue weighted by molar-refractivity contribution is 5.92. The quantitative estimate of drug-likeness (QED) is 0.765. The molecule has 0 spiro atoms. The molecule has 1 heterocycles. The number of fused-ring (bicyclic) bond motifs is 1. The molecule has 0 aliphatic carbocycles. The molecule has 0 unspecified atom stereocenters. The third-order valence-electron chi connectivity index (χ3n) is 2.69. The molecule has 1 aromatic carbocycles. The van der Waals surface area contributed by atoms with Gasteiger partial charge in [-0.2, -0.15) is 0 Å². The van der Waals surface area contributed by atoms with Crippen molar-refractivity contribution in [3.05, 3.63) is 45.4 Å². The predicted molar refractivity (Wildman–Crippen MR) is 61.0 cm³/mol. The minimum atomic E-state index is -1.13. The maximum atomic E-state index is 11.6. The Morgan fingerprint density at radius 1 is 1.19 bits per heavy atom. The van der Waals surface area contributed by atoms with Gasteiger partial charge in [-0.05, 0) is 42.5 Å². The van der Waals surface area contributed by atoms with Crippen LogP contribution < -0.4 is 5.56 Å². The number of carboxylic acid groups (broad SMARTS) is 1. The topological polar surface area (TPSA) is 70.2 Å². The fourth-order valence-corrected chi connectivity index (χ4v) is 1.65. The molecule has 2 aromatic rings. The number of benzene rings is 1. The number of carbonyl (C=O) groups is 1. The molecule has 0 bridgehead atoms. The average molecular weight is 217 g/mol. The molecule has 1 aromatic heterocycles. The predicted octanol–water partition coefficient (Wildman–Crippen LogP) is 1.84. The van der Waals surface area contributed by atoms with Crippen molar-refractivity contribution in [2.24, 2.45) is 0 Å². The first kappa shape index (κ1) is 10.4. The highest BCUT2D eigenvalue weighted by Crippen LogP contribution is 2.16. The number of hydrogen-bond acceptors (Lipinski definition) is 2. The number of aromatic nitrogens is 1. The van der Waals surface area contributed by atoms with E-state index < -0.39 is 5.97 Å². The van der Waals surface area contributed by atoms with Crippen molar-refractivity contribution >= 4 is 16.7 Å². The van der Waals surface area contributed by atoms with Crippen LogP contribution in [0.2, 0.25) is 0 Å². The zero-order valence-corrected chi connectivity index (χ0v) is 9.00. The second kappa shape index (κ2) is 3.48. The monoisotopic (exact) mass is 217 g/mol. The summed E-state index contributed by atoms with van der Waals surface area (Å²) in [5.74, 6) is -1.13. The maximum absolute atomic E-state index is 11.6. The molecule has 4 heteroatoms. The molecule has 82 valence electrons. The van der Waals surface area contributed by atoms with E-state index in [4.69, 9.17) is 5.11 Å². The van der Waals surface area contributed by atoms with Crippen LogP contribution in [-0.2, 0) is 0 Å². The van der Waals surface area contributed by atoms with Crippen molar-refractivity contribution in [2.45, 2.75) is 13.8 Å². The van der Waals surface area contributed by atoms with E-state index in [0.717, 1.165) is 11.1 Å². The van der Waals surface area contributed by atoms with Gasteiger partial charge in [0.25, 0.3) is 5.56 Å². The zero-order chi connectivity index (χ0) is 11.9. The second-order valence-corrected chi connectivity index (χ2v) is 3.84. The first-order valence-electron chi connectivity index (χ1n) is 4.86. The van der Waals surface area contributed by atoms with Gasteiger partial charge in [0.1, 0.15) is 5.69 Å². The van der Waals surface area contributed by atoms with Gasteiger partial charge in [-0.3, -0.25) is 4.79 Å². The van der Waals surface area contributed by atoms with Gasteiger partial charge >= 0.3 is 5.97 Å². The van der Waals surface area contributed by atoms with Crippen molar-refractivity contribution in [1.82, 2.24) is 4.98 Å². The first-order valence-corrected chi connectivity index (χ1v) is 4.86. The van der Waals surface area contributed by atoms with Crippen LogP contribution in [0.25, 0.3) is 10.8 Å². The summed E-state index contributed by atoms with van der Waals surface area (Å²) in [6.45, 7) is 3.84. The SMILES string of the molecule is Cc1cc2cc(C(=O)O)[nH]c(=O)c2cc1C. The number of aromatic amines is 1. The summed E-state index contributed by atoms with van der Waals surface area (Å²) in [7, 11) is 0. The summed E-state index contributed by atoms with van der Waals surface area (Å²) >= 11 is 0. The number of H-pyrrole nitrogens is 1. The highest BCUT2D eigenvalue weighted by atomic mass is 16.4. The maximum Gasteiger partial charge on any atom is 0.352 e. The number of pyridine rings is 1. The third-order valence-corrected chi connectivity index (χ3v) is 2.69. The van der Waals surface area contributed by atoms with Crippen molar-refractivity contribution in [2.75, 3.05) is 0 Å². The Hall–Kier alpha value is -2.10. The molecule has 0 saturated carbocycles. The van der Waals surface area contributed by atoms with E-state index in [1.165, 1.54) is 6.07 Å². The van der Waals surface area contributed by atoms with Crippen molar-refractivity contribution in [1.29, 1.82) is 0 Å². The molecule has 0 saturated heterocycles. The van der Waals surface area contributed by atoms with Crippen LogP contribution >= 0.6 is 0 Å². The van der Waals surface area contributed by atoms with Crippen molar-refractivity contribution < 1.29 is 9.90 Å². The molecule has 4 nitrogen and oxygen atoms in total. The number of nitrogens with one attached hydrogen (secondary N) is 1. The molecule has 0 aliphatic rings. The van der Waals surface area contributed by atoms with Gasteiger partial charge in [0.2, 0.25) is 0 Å². The summed E-state index contributed by atoms with van der Waals surface area (Å²) in [5, 5.41) is 10.0. The molecule has 0 atom stereocenters. The molecule has 0 fully saturated rings. The average Bonchev–Trinajstić information content (AvgIpc) is 2.20. The number of aromatic carboxylic acids is 1. The van der Waals surface area contributed by atoms with Crippen LogP contribution in [0.3, 0.4) is 0 Å². The molecular weight excluding hydrogens is 206 g/mol. The van der Waals surface area contributed by atoms with Gasteiger partial charge < -0.3 is 10.1 Å². The van der Waals surface area contributed by atoms with Crippen LogP contribution in [0, 0.1) is 13.8 Å². The normalized spacial score (nSPS) is 10.6. The molecular formula is C12H11NO3. The van der Waals surface area contributed by atoms with E-state index >= 15 is 0 Å². The van der Waals surface area contributed by atoms with E-state index in [1.807, 2.05) is 19.9 Å². The van der Waals surface area contributed by atoms with E-state index in [0.29, 0.717) is 10.8 Å². The summed E-state index contributed by atoms with van der Waals surface area (Å²) in [4.78, 5) is 24.8. The van der Waals surface area contributed by atoms with Gasteiger partial charge in [-0.1, -0.05) is 6.07 Å². The largest absolute Gasteiger partial charge is 0.477 e. The Morgan fingerprint density at radius 3 is 2.44 bits per heavy atom. The third kappa shape index (κ3) is 1.58. The zero-order valence-electron chi connectivity index (χ0n) is 9.00. The van der Waals surface area contributed by atoms with E-state index in [1.54, 1.807) is 6.07 Å². The van der Waals surface area contributed by atoms with E-state index in [-0.39, 0.29) is 11.3 Å². The minimum Gasteiger partial charge on any atom is -0.477 e. The summed E-state index contributed by atoms with van der Waals surface area (Å²) < 4.78 is 0. The van der Waals surface area contributed by atoms with E-state index in [2.05, 4.69) is 4.98 Å². The van der Waals surface area contributed by atoms with Crippen LogP contribution in [0.5, 0.6) is 0 Å². The Labute approximate surface area is 91.5 Å². The standard InChI is InChI=1S/C12H11NO3/c1-6-3-8-5-10(12(15)16)13-11(14)9(8)4-7(6)2/h3-5H,1-2H3,(H,13,14)(H,15,16). The van der Waals surface area contributed by atoms with Crippen molar-refractivity contribution in [3.8, 4) is 0 Å². The summed E-state index contributed by atoms with van der Waals surface area (Å²) in [6, 6.07) is 5.08. The van der Waals surface area contributed by atoms with Crippen LogP contribution in [0.15, 0.2) is 23.0 Å². The fourth-order valence-electron chi connectivity index (χ4n) is 1.65. The number of aryl methyl sites for hydroxylation is 2. The Morgan fingerprint density at radius 2 is 1.81 bits per heavy atom. The lowest BCUT2D eigenvalue weighted by molar-refractivity contribution is 0.0690. The van der Waals surface area contributed by atoms with Crippen LogP contribution in [0.1, 0.15) is 21.6 Å². The van der Waals surface area contributed by atoms with Crippen LogP contribution in [0.4, 0.5) is 0 Å². The lowest BCUT2D eigenvalue weighted by Gasteiger charge is -2.04. The van der Waals surface area contributed by atoms with Gasteiger partial charge in [-0.15, -0.1) is 0 Å². The minimum absolute atomic E-state index is 0.0826. The summed E-state index contributed by atoms with van der Waals surface area (Å²) in [6.07, 6.45) is 0.